The van der Waals surface area contributed by atoms with Gasteiger partial charge in [-0.15, -0.1) is 5.10 Å². The molecule has 1 aromatic heterocycles. The number of carbonyl (C=O) groups excluding carboxylic acids is 1. The van der Waals surface area contributed by atoms with Crippen LogP contribution in [0.4, 0.5) is 4.39 Å². The van der Waals surface area contributed by atoms with Crippen molar-refractivity contribution in [2.45, 2.75) is 25.4 Å². The zero-order valence-electron chi connectivity index (χ0n) is 15.2. The van der Waals surface area contributed by atoms with E-state index >= 15 is 0 Å². The van der Waals surface area contributed by atoms with Crippen molar-refractivity contribution < 1.29 is 14.3 Å². The lowest BCUT2D eigenvalue weighted by molar-refractivity contribution is 0.0761. The van der Waals surface area contributed by atoms with E-state index in [9.17, 15) is 9.18 Å². The molecule has 1 amide bonds. The summed E-state index contributed by atoms with van der Waals surface area (Å²) in [4.78, 5) is 15.8. The maximum Gasteiger partial charge on any atom is 0.275 e. The number of aromatic nitrogens is 3. The molecule has 9 heteroatoms. The highest BCUT2D eigenvalue weighted by Gasteiger charge is 2.24. The Kier molecular flexibility index (Phi) is 6.41. The van der Waals surface area contributed by atoms with Crippen molar-refractivity contribution in [1.29, 1.82) is 0 Å². The van der Waals surface area contributed by atoms with Gasteiger partial charge >= 0.3 is 0 Å². The fraction of sp³-hybridized carbons (Fsp3) is 0.500. The Morgan fingerprint density at radius 3 is 2.81 bits per heavy atom. The quantitative estimate of drug-likeness (QED) is 0.809. The number of hydrogen-bond donors (Lipinski definition) is 1. The molecule has 3 rings (SSSR count). The first kappa shape index (κ1) is 19.7. The number of aliphatic hydroxyl groups excluding tert-OH is 1. The van der Waals surface area contributed by atoms with Crippen LogP contribution in [-0.2, 0) is 6.54 Å². The van der Waals surface area contributed by atoms with Crippen LogP contribution in [0.5, 0.6) is 0 Å². The van der Waals surface area contributed by atoms with Crippen LogP contribution in [0.15, 0.2) is 24.4 Å². The Hall–Kier alpha value is -2.03. The number of carbonyl (C=O) groups is 1. The molecule has 0 radical (unpaired) electrons. The van der Waals surface area contributed by atoms with Gasteiger partial charge in [-0.25, -0.2) is 9.07 Å². The van der Waals surface area contributed by atoms with E-state index in [0.717, 1.165) is 25.9 Å². The molecule has 146 valence electrons. The molecule has 0 bridgehead atoms. The van der Waals surface area contributed by atoms with Gasteiger partial charge in [0.25, 0.3) is 5.91 Å². The third kappa shape index (κ3) is 4.63. The molecule has 1 N–H and O–H groups in total. The van der Waals surface area contributed by atoms with Crippen LogP contribution in [-0.4, -0.2) is 69.1 Å². The van der Waals surface area contributed by atoms with Gasteiger partial charge in [-0.2, -0.15) is 0 Å². The van der Waals surface area contributed by atoms with E-state index in [0.29, 0.717) is 17.1 Å². The van der Waals surface area contributed by atoms with Gasteiger partial charge < -0.3 is 10.0 Å². The lowest BCUT2D eigenvalue weighted by atomic mass is 10.0. The number of nitrogens with zero attached hydrogens (tertiary/aromatic N) is 5. The summed E-state index contributed by atoms with van der Waals surface area (Å²) in [6, 6.07) is 4.88. The first-order valence-electron chi connectivity index (χ1n) is 8.93. The molecule has 1 saturated heterocycles. The third-order valence-electron chi connectivity index (χ3n) is 4.89. The Morgan fingerprint density at radius 1 is 1.41 bits per heavy atom. The molecule has 1 aromatic carbocycles. The van der Waals surface area contributed by atoms with E-state index in [4.69, 9.17) is 16.7 Å². The van der Waals surface area contributed by atoms with Gasteiger partial charge in [0.15, 0.2) is 5.69 Å². The standard InChI is InChI=1S/C18H23ClFN5O2/c1-23(9-10-26)18(27)17-12-25(22-21-17)13-5-7-24(8-6-13)11-14-15(19)3-2-4-16(14)20/h2-4,12-13,26H,5-11H2,1H3. The Bertz CT molecular complexity index is 772. The second-order valence-corrected chi connectivity index (χ2v) is 7.15. The van der Waals surface area contributed by atoms with Crippen LogP contribution >= 0.6 is 11.6 Å². The van der Waals surface area contributed by atoms with E-state index in [1.807, 2.05) is 0 Å². The van der Waals surface area contributed by atoms with E-state index in [1.54, 1.807) is 30.1 Å². The van der Waals surface area contributed by atoms with Gasteiger partial charge in [0.1, 0.15) is 5.82 Å². The lowest BCUT2D eigenvalue weighted by Crippen LogP contribution is -2.34. The fourth-order valence-corrected chi connectivity index (χ4v) is 3.47. The predicted octanol–water partition coefficient (Wildman–Crippen LogP) is 1.97. The normalized spacial score (nSPS) is 15.9. The molecule has 0 saturated carbocycles. The van der Waals surface area contributed by atoms with Crippen molar-refractivity contribution in [3.8, 4) is 0 Å². The second-order valence-electron chi connectivity index (χ2n) is 6.74. The van der Waals surface area contributed by atoms with Gasteiger partial charge in [0.2, 0.25) is 0 Å². The van der Waals surface area contributed by atoms with E-state index in [2.05, 4.69) is 15.2 Å². The summed E-state index contributed by atoms with van der Waals surface area (Å²) in [6.45, 7) is 2.20. The summed E-state index contributed by atoms with van der Waals surface area (Å²) in [5.74, 6) is -0.544. The number of aliphatic hydroxyl groups is 1. The zero-order valence-corrected chi connectivity index (χ0v) is 15.9. The third-order valence-corrected chi connectivity index (χ3v) is 5.24. The Morgan fingerprint density at radius 2 is 2.15 bits per heavy atom. The molecule has 0 atom stereocenters. The molecule has 27 heavy (non-hydrogen) atoms. The molecule has 2 heterocycles. The van der Waals surface area contributed by atoms with E-state index in [1.165, 1.54) is 11.0 Å². The molecule has 2 aromatic rings. The highest BCUT2D eigenvalue weighted by atomic mass is 35.5. The number of likely N-dealkylation sites (N-methyl/N-ethyl adjacent to an activating group) is 1. The van der Waals surface area contributed by atoms with Crippen molar-refractivity contribution in [2.24, 2.45) is 0 Å². The van der Waals surface area contributed by atoms with Crippen molar-refractivity contribution >= 4 is 17.5 Å². The van der Waals surface area contributed by atoms with Crippen LogP contribution in [0.2, 0.25) is 5.02 Å². The average Bonchev–Trinajstić information content (AvgIpc) is 3.15. The Balaban J connectivity index is 1.57. The molecular formula is C18H23ClFN5O2. The smallest absolute Gasteiger partial charge is 0.275 e. The van der Waals surface area contributed by atoms with E-state index in [-0.39, 0.29) is 36.6 Å². The number of amides is 1. The number of likely N-dealkylation sites (tertiary alicyclic amines) is 1. The number of halogens is 2. The summed E-state index contributed by atoms with van der Waals surface area (Å²) < 4.78 is 15.7. The minimum Gasteiger partial charge on any atom is -0.395 e. The summed E-state index contributed by atoms with van der Waals surface area (Å²) in [5.41, 5.74) is 0.796. The van der Waals surface area contributed by atoms with E-state index < -0.39 is 0 Å². The van der Waals surface area contributed by atoms with Crippen molar-refractivity contribution in [2.75, 3.05) is 33.3 Å². The molecular weight excluding hydrogens is 373 g/mol. The molecule has 0 unspecified atom stereocenters. The summed E-state index contributed by atoms with van der Waals surface area (Å²) in [5, 5.41) is 17.4. The second kappa shape index (κ2) is 8.77. The molecule has 7 nitrogen and oxygen atoms in total. The molecule has 1 aliphatic heterocycles. The molecule has 0 aliphatic carbocycles. The molecule has 1 fully saturated rings. The molecule has 1 aliphatic rings. The highest BCUT2D eigenvalue weighted by molar-refractivity contribution is 6.31. The number of hydrogen-bond acceptors (Lipinski definition) is 5. The first-order chi connectivity index (χ1) is 13.0. The SMILES string of the molecule is CN(CCO)C(=O)c1cn(C2CCN(Cc3c(F)cccc3Cl)CC2)nn1. The lowest BCUT2D eigenvalue weighted by Gasteiger charge is -2.32. The maximum atomic E-state index is 14.0. The fourth-order valence-electron chi connectivity index (χ4n) is 3.25. The van der Waals surface area contributed by atoms with Crippen LogP contribution in [0, 0.1) is 5.82 Å². The highest BCUT2D eigenvalue weighted by Crippen LogP contribution is 2.26. The zero-order chi connectivity index (χ0) is 19.4. The van der Waals surface area contributed by atoms with Crippen LogP contribution in [0.3, 0.4) is 0 Å². The van der Waals surface area contributed by atoms with Gasteiger partial charge in [-0.1, -0.05) is 22.9 Å². The summed E-state index contributed by atoms with van der Waals surface area (Å²) in [7, 11) is 1.61. The minimum absolute atomic E-state index is 0.0964. The summed E-state index contributed by atoms with van der Waals surface area (Å²) >= 11 is 6.11. The predicted molar refractivity (Wildman–Crippen MR) is 99.0 cm³/mol. The molecule has 0 spiro atoms. The summed E-state index contributed by atoms with van der Waals surface area (Å²) in [6.07, 6.45) is 3.31. The first-order valence-corrected chi connectivity index (χ1v) is 9.30. The van der Waals surface area contributed by atoms with Crippen molar-refractivity contribution in [3.05, 3.63) is 46.5 Å². The monoisotopic (exact) mass is 395 g/mol. The van der Waals surface area contributed by atoms with Gasteiger partial charge in [-0.05, 0) is 25.0 Å². The minimum atomic E-state index is -0.281. The van der Waals surface area contributed by atoms with Crippen molar-refractivity contribution in [3.63, 3.8) is 0 Å². The van der Waals surface area contributed by atoms with Gasteiger partial charge in [0.05, 0.1) is 18.8 Å². The Labute approximate surface area is 162 Å². The average molecular weight is 396 g/mol. The van der Waals surface area contributed by atoms with Crippen molar-refractivity contribution in [1.82, 2.24) is 24.8 Å². The number of benzene rings is 1. The number of piperidine rings is 1. The van der Waals surface area contributed by atoms with Crippen LogP contribution < -0.4 is 0 Å². The largest absolute Gasteiger partial charge is 0.395 e. The van der Waals surface area contributed by atoms with Crippen LogP contribution in [0.1, 0.15) is 34.9 Å². The van der Waals surface area contributed by atoms with Gasteiger partial charge in [-0.3, -0.25) is 9.69 Å². The van der Waals surface area contributed by atoms with Crippen LogP contribution in [0.25, 0.3) is 0 Å². The maximum absolute atomic E-state index is 14.0. The topological polar surface area (TPSA) is 74.5 Å². The number of rotatable bonds is 6. The van der Waals surface area contributed by atoms with Gasteiger partial charge in [0, 0.05) is 43.8 Å².